The zero-order valence-electron chi connectivity index (χ0n) is 14.9. The molecule has 3 aromatic carbocycles. The highest BCUT2D eigenvalue weighted by molar-refractivity contribution is 5.96. The van der Waals surface area contributed by atoms with Crippen molar-refractivity contribution < 1.29 is 9.63 Å². The normalized spacial score (nSPS) is 14.4. The maximum Gasteiger partial charge on any atom is 0.143 e. The van der Waals surface area contributed by atoms with Crippen molar-refractivity contribution in [3.63, 3.8) is 0 Å². The van der Waals surface area contributed by atoms with Crippen LogP contribution in [0, 0.1) is 0 Å². The molecule has 134 valence electrons. The minimum Gasteiger partial charge on any atom is -0.508 e. The Kier molecular flexibility index (Phi) is 3.91. The highest BCUT2D eigenvalue weighted by atomic mass is 16.5. The minimum atomic E-state index is 0.312. The molecule has 4 heteroatoms. The lowest BCUT2D eigenvalue weighted by atomic mass is 9.97. The maximum absolute atomic E-state index is 9.72. The lowest BCUT2D eigenvalue weighted by molar-refractivity contribution is 0.228. The van der Waals surface area contributed by atoms with Crippen LogP contribution in [0.3, 0.4) is 0 Å². The Morgan fingerprint density at radius 3 is 2.78 bits per heavy atom. The number of aromatic nitrogens is 1. The minimum absolute atomic E-state index is 0.312. The Bertz CT molecular complexity index is 1110. The van der Waals surface area contributed by atoms with Gasteiger partial charge >= 0.3 is 0 Å². The molecule has 0 saturated carbocycles. The van der Waals surface area contributed by atoms with Crippen LogP contribution in [-0.2, 0) is 19.5 Å². The monoisotopic (exact) mass is 356 g/mol. The first kappa shape index (κ1) is 16.1. The molecule has 0 bridgehead atoms. The van der Waals surface area contributed by atoms with Crippen LogP contribution in [0.1, 0.15) is 16.9 Å². The second-order valence-electron chi connectivity index (χ2n) is 7.09. The summed E-state index contributed by atoms with van der Waals surface area (Å²) in [7, 11) is 0. The van der Waals surface area contributed by atoms with Crippen LogP contribution in [0.5, 0.6) is 5.75 Å². The number of hydrogen-bond acceptors (Lipinski definition) is 4. The fraction of sp³-hybridized carbons (Fsp3) is 0.174. The number of benzene rings is 3. The molecule has 2 heterocycles. The number of phenols is 1. The van der Waals surface area contributed by atoms with Crippen LogP contribution < -0.4 is 0 Å². The van der Waals surface area contributed by atoms with E-state index in [1.54, 1.807) is 6.07 Å². The van der Waals surface area contributed by atoms with Crippen LogP contribution in [-0.4, -0.2) is 21.7 Å². The molecule has 0 spiro atoms. The molecule has 1 aromatic heterocycles. The number of nitrogens with zero attached hydrogens (tertiary/aromatic N) is 2. The number of fused-ring (bicyclic) bond motifs is 2. The molecule has 0 aliphatic carbocycles. The topological polar surface area (TPSA) is 49.5 Å². The van der Waals surface area contributed by atoms with E-state index in [4.69, 9.17) is 4.52 Å². The van der Waals surface area contributed by atoms with Crippen molar-refractivity contribution in [2.75, 3.05) is 6.54 Å². The molecule has 0 radical (unpaired) electrons. The number of phenolic OH excluding ortho intramolecular Hbond substituents is 1. The number of aromatic hydroxyl groups is 1. The van der Waals surface area contributed by atoms with E-state index >= 15 is 0 Å². The van der Waals surface area contributed by atoms with E-state index in [0.29, 0.717) is 5.75 Å². The van der Waals surface area contributed by atoms with Crippen LogP contribution >= 0.6 is 0 Å². The summed E-state index contributed by atoms with van der Waals surface area (Å²) < 4.78 is 5.69. The molecular weight excluding hydrogens is 336 g/mol. The van der Waals surface area contributed by atoms with Crippen molar-refractivity contribution in [1.29, 1.82) is 0 Å². The third-order valence-electron chi connectivity index (χ3n) is 5.27. The van der Waals surface area contributed by atoms with Crippen molar-refractivity contribution >= 4 is 10.8 Å². The second kappa shape index (κ2) is 6.56. The molecule has 0 saturated heterocycles. The molecule has 4 aromatic rings. The first-order valence-electron chi connectivity index (χ1n) is 9.24. The summed E-state index contributed by atoms with van der Waals surface area (Å²) in [5, 5.41) is 16.6. The van der Waals surface area contributed by atoms with Crippen LogP contribution in [0.15, 0.2) is 71.3 Å². The molecule has 0 atom stereocenters. The van der Waals surface area contributed by atoms with E-state index in [1.165, 1.54) is 16.3 Å². The largest absolute Gasteiger partial charge is 0.508 e. The molecule has 5 rings (SSSR count). The summed E-state index contributed by atoms with van der Waals surface area (Å²) in [4.78, 5) is 2.38. The fourth-order valence-electron chi connectivity index (χ4n) is 3.96. The number of hydrogen-bond donors (Lipinski definition) is 1. The lowest BCUT2D eigenvalue weighted by Gasteiger charge is -2.26. The van der Waals surface area contributed by atoms with Gasteiger partial charge in [-0.05, 0) is 28.5 Å². The SMILES string of the molecule is Oc1cccc(CN2CCc3onc(-c4cccc5ccccc45)c3C2)c1. The van der Waals surface area contributed by atoms with E-state index in [9.17, 15) is 5.11 Å². The molecule has 0 fully saturated rings. The van der Waals surface area contributed by atoms with Crippen molar-refractivity contribution in [2.45, 2.75) is 19.5 Å². The highest BCUT2D eigenvalue weighted by Gasteiger charge is 2.25. The van der Waals surface area contributed by atoms with Gasteiger partial charge in [0.2, 0.25) is 0 Å². The molecule has 4 nitrogen and oxygen atoms in total. The Balaban J connectivity index is 1.49. The van der Waals surface area contributed by atoms with Gasteiger partial charge in [-0.25, -0.2) is 0 Å². The zero-order chi connectivity index (χ0) is 18.2. The Labute approximate surface area is 157 Å². The van der Waals surface area contributed by atoms with Gasteiger partial charge in [0.25, 0.3) is 0 Å². The molecule has 0 unspecified atom stereocenters. The summed E-state index contributed by atoms with van der Waals surface area (Å²) in [5.41, 5.74) is 4.36. The second-order valence-corrected chi connectivity index (χ2v) is 7.09. The van der Waals surface area contributed by atoms with Gasteiger partial charge in [-0.15, -0.1) is 0 Å². The average Bonchev–Trinajstić information content (AvgIpc) is 3.11. The molecule has 1 aliphatic rings. The third-order valence-corrected chi connectivity index (χ3v) is 5.27. The van der Waals surface area contributed by atoms with Gasteiger partial charge < -0.3 is 9.63 Å². The molecule has 1 N–H and O–H groups in total. The summed E-state index contributed by atoms with van der Waals surface area (Å²) in [6.07, 6.45) is 0.853. The van der Waals surface area contributed by atoms with Crippen molar-refractivity contribution in [2.24, 2.45) is 0 Å². The van der Waals surface area contributed by atoms with Gasteiger partial charge in [0, 0.05) is 37.2 Å². The zero-order valence-corrected chi connectivity index (χ0v) is 14.9. The summed E-state index contributed by atoms with van der Waals surface area (Å²) >= 11 is 0. The maximum atomic E-state index is 9.72. The van der Waals surface area contributed by atoms with Gasteiger partial charge in [0.15, 0.2) is 0 Å². The predicted octanol–water partition coefficient (Wildman–Crippen LogP) is 4.76. The molecular formula is C23H20N2O2. The lowest BCUT2D eigenvalue weighted by Crippen LogP contribution is -2.29. The molecule has 1 aliphatic heterocycles. The molecule has 27 heavy (non-hydrogen) atoms. The Morgan fingerprint density at radius 2 is 1.85 bits per heavy atom. The van der Waals surface area contributed by atoms with E-state index in [2.05, 4.69) is 58.6 Å². The fourth-order valence-corrected chi connectivity index (χ4v) is 3.96. The standard InChI is InChI=1S/C23H20N2O2/c26-18-8-3-5-16(13-18)14-25-12-11-22-21(15-25)23(24-27-22)20-10-4-7-17-6-1-2-9-19(17)20/h1-10,13,26H,11-12,14-15H2. The summed E-state index contributed by atoms with van der Waals surface area (Å²) in [6.45, 7) is 2.52. The first-order valence-corrected chi connectivity index (χ1v) is 9.24. The molecule has 0 amide bonds. The first-order chi connectivity index (χ1) is 13.3. The van der Waals surface area contributed by atoms with Gasteiger partial charge in [-0.1, -0.05) is 59.8 Å². The van der Waals surface area contributed by atoms with E-state index in [-0.39, 0.29) is 0 Å². The summed E-state index contributed by atoms with van der Waals surface area (Å²) in [5.74, 6) is 1.30. The quantitative estimate of drug-likeness (QED) is 0.575. The number of rotatable bonds is 3. The van der Waals surface area contributed by atoms with Crippen LogP contribution in [0.4, 0.5) is 0 Å². The van der Waals surface area contributed by atoms with Crippen LogP contribution in [0.25, 0.3) is 22.0 Å². The van der Waals surface area contributed by atoms with E-state index in [1.807, 2.05) is 12.1 Å². The van der Waals surface area contributed by atoms with Gasteiger partial charge in [0.05, 0.1) is 0 Å². The Morgan fingerprint density at radius 1 is 1.00 bits per heavy atom. The Hall–Kier alpha value is -3.11. The van der Waals surface area contributed by atoms with Crippen molar-refractivity contribution in [3.05, 3.63) is 83.6 Å². The average molecular weight is 356 g/mol. The third kappa shape index (κ3) is 2.98. The van der Waals surface area contributed by atoms with Gasteiger partial charge in [0.1, 0.15) is 17.2 Å². The highest BCUT2D eigenvalue weighted by Crippen LogP contribution is 2.34. The van der Waals surface area contributed by atoms with Crippen molar-refractivity contribution in [3.8, 4) is 17.0 Å². The van der Waals surface area contributed by atoms with E-state index < -0.39 is 0 Å². The van der Waals surface area contributed by atoms with Gasteiger partial charge in [-0.3, -0.25) is 4.90 Å². The van der Waals surface area contributed by atoms with Crippen molar-refractivity contribution in [1.82, 2.24) is 10.1 Å². The predicted molar refractivity (Wildman–Crippen MR) is 105 cm³/mol. The van der Waals surface area contributed by atoms with Gasteiger partial charge in [-0.2, -0.15) is 0 Å². The van der Waals surface area contributed by atoms with E-state index in [0.717, 1.165) is 48.6 Å². The summed E-state index contributed by atoms with van der Waals surface area (Å²) in [6, 6.07) is 22.2. The van der Waals surface area contributed by atoms with Crippen LogP contribution in [0.2, 0.25) is 0 Å². The smallest absolute Gasteiger partial charge is 0.143 e.